The molecule has 0 aromatic heterocycles. The van der Waals surface area contributed by atoms with Gasteiger partial charge in [-0.15, -0.1) is 0 Å². The van der Waals surface area contributed by atoms with Crippen LogP contribution in [0.3, 0.4) is 0 Å². The van der Waals surface area contributed by atoms with Crippen molar-refractivity contribution in [2.24, 2.45) is 0 Å². The highest BCUT2D eigenvalue weighted by Gasteiger charge is 2.08. The Morgan fingerprint density at radius 2 is 2.19 bits per heavy atom. The van der Waals surface area contributed by atoms with Gasteiger partial charge >= 0.3 is 5.97 Å². The molecule has 0 atom stereocenters. The lowest BCUT2D eigenvalue weighted by Crippen LogP contribution is -2.11. The summed E-state index contributed by atoms with van der Waals surface area (Å²) < 4.78 is 10.7. The van der Waals surface area contributed by atoms with E-state index in [1.165, 1.54) is 0 Å². The van der Waals surface area contributed by atoms with Gasteiger partial charge < -0.3 is 15.2 Å². The van der Waals surface area contributed by atoms with Gasteiger partial charge in [0.15, 0.2) is 0 Å². The van der Waals surface area contributed by atoms with Crippen LogP contribution in [-0.2, 0) is 9.47 Å². The summed E-state index contributed by atoms with van der Waals surface area (Å²) in [6.45, 7) is 3.18. The number of anilines is 1. The number of nitrogen functional groups attached to an aromatic ring is 1. The number of carbonyl (C=O) groups excluding carboxylic acids is 1. The van der Waals surface area contributed by atoms with Crippen LogP contribution in [0.5, 0.6) is 0 Å². The number of ether oxygens (including phenoxy) is 2. The molecule has 0 radical (unpaired) electrons. The number of nitrogens with two attached hydrogens (primary N) is 1. The zero-order valence-corrected chi connectivity index (χ0v) is 10.6. The molecule has 4 nitrogen and oxygen atoms in total. The largest absolute Gasteiger partial charge is 0.460 e. The quantitative estimate of drug-likeness (QED) is 0.512. The van der Waals surface area contributed by atoms with Gasteiger partial charge in [-0.05, 0) is 41.1 Å². The predicted molar refractivity (Wildman–Crippen MR) is 65.3 cm³/mol. The SMILES string of the molecule is CCOCCOC(=O)c1ccc(N)c(Br)c1. The molecule has 0 bridgehead atoms. The number of carbonyl (C=O) groups is 1. The molecule has 0 aliphatic rings. The van der Waals surface area contributed by atoms with Gasteiger partial charge in [0.2, 0.25) is 0 Å². The Labute approximate surface area is 103 Å². The molecule has 0 aliphatic heterocycles. The number of benzene rings is 1. The van der Waals surface area contributed by atoms with E-state index in [4.69, 9.17) is 15.2 Å². The van der Waals surface area contributed by atoms with Crippen LogP contribution in [0.25, 0.3) is 0 Å². The summed E-state index contributed by atoms with van der Waals surface area (Å²) >= 11 is 3.25. The van der Waals surface area contributed by atoms with Gasteiger partial charge in [-0.3, -0.25) is 0 Å². The second-order valence-electron chi connectivity index (χ2n) is 3.07. The van der Waals surface area contributed by atoms with E-state index in [0.29, 0.717) is 28.9 Å². The van der Waals surface area contributed by atoms with Crippen molar-refractivity contribution in [1.82, 2.24) is 0 Å². The van der Waals surface area contributed by atoms with Crippen molar-refractivity contribution in [1.29, 1.82) is 0 Å². The molecule has 0 spiro atoms. The van der Waals surface area contributed by atoms with E-state index in [2.05, 4.69) is 15.9 Å². The fourth-order valence-electron chi connectivity index (χ4n) is 1.08. The first-order valence-electron chi connectivity index (χ1n) is 4.95. The standard InChI is InChI=1S/C11H14BrNO3/c1-2-15-5-6-16-11(14)8-3-4-10(13)9(12)7-8/h3-4,7H,2,5-6,13H2,1H3. The molecule has 88 valence electrons. The molecule has 1 aromatic rings. The van der Waals surface area contributed by atoms with E-state index in [-0.39, 0.29) is 12.6 Å². The molecular formula is C11H14BrNO3. The minimum absolute atomic E-state index is 0.259. The molecule has 16 heavy (non-hydrogen) atoms. The highest BCUT2D eigenvalue weighted by atomic mass is 79.9. The Kier molecular flexibility index (Phi) is 5.28. The minimum atomic E-state index is -0.375. The van der Waals surface area contributed by atoms with E-state index in [1.807, 2.05) is 6.92 Å². The van der Waals surface area contributed by atoms with Crippen molar-refractivity contribution in [3.63, 3.8) is 0 Å². The molecule has 0 amide bonds. The molecule has 0 fully saturated rings. The molecule has 5 heteroatoms. The Morgan fingerprint density at radius 3 is 2.81 bits per heavy atom. The van der Waals surface area contributed by atoms with Gasteiger partial charge in [-0.2, -0.15) is 0 Å². The molecule has 0 heterocycles. The lowest BCUT2D eigenvalue weighted by atomic mass is 10.2. The second-order valence-corrected chi connectivity index (χ2v) is 3.92. The maximum absolute atomic E-state index is 11.5. The van der Waals surface area contributed by atoms with Crippen molar-refractivity contribution in [3.8, 4) is 0 Å². The summed E-state index contributed by atoms with van der Waals surface area (Å²) in [5, 5.41) is 0. The van der Waals surface area contributed by atoms with Gasteiger partial charge in [-0.1, -0.05) is 0 Å². The zero-order chi connectivity index (χ0) is 12.0. The highest BCUT2D eigenvalue weighted by molar-refractivity contribution is 9.10. The van der Waals surface area contributed by atoms with E-state index in [1.54, 1.807) is 18.2 Å². The van der Waals surface area contributed by atoms with Gasteiger partial charge in [0.25, 0.3) is 0 Å². The summed E-state index contributed by atoms with van der Waals surface area (Å²) in [6.07, 6.45) is 0. The molecular weight excluding hydrogens is 274 g/mol. The van der Waals surface area contributed by atoms with Crippen LogP contribution in [-0.4, -0.2) is 25.8 Å². The molecule has 1 aromatic carbocycles. The number of halogens is 1. The molecule has 0 unspecified atom stereocenters. The topological polar surface area (TPSA) is 61.5 Å². The van der Waals surface area contributed by atoms with Crippen LogP contribution in [0.4, 0.5) is 5.69 Å². The third kappa shape index (κ3) is 3.83. The maximum Gasteiger partial charge on any atom is 0.338 e. The molecule has 0 saturated carbocycles. The highest BCUT2D eigenvalue weighted by Crippen LogP contribution is 2.20. The Morgan fingerprint density at radius 1 is 1.44 bits per heavy atom. The summed E-state index contributed by atoms with van der Waals surface area (Å²) in [4.78, 5) is 11.5. The molecule has 0 saturated heterocycles. The average molecular weight is 288 g/mol. The van der Waals surface area contributed by atoms with Crippen molar-refractivity contribution in [3.05, 3.63) is 28.2 Å². The smallest absolute Gasteiger partial charge is 0.338 e. The van der Waals surface area contributed by atoms with Crippen molar-refractivity contribution in [2.45, 2.75) is 6.92 Å². The minimum Gasteiger partial charge on any atom is -0.460 e. The maximum atomic E-state index is 11.5. The number of rotatable bonds is 5. The van der Waals surface area contributed by atoms with E-state index < -0.39 is 0 Å². The molecule has 1 rings (SSSR count). The van der Waals surface area contributed by atoms with Crippen molar-refractivity contribution < 1.29 is 14.3 Å². The van der Waals surface area contributed by atoms with Crippen LogP contribution < -0.4 is 5.73 Å². The summed E-state index contributed by atoms with van der Waals surface area (Å²) in [5.41, 5.74) is 6.67. The van der Waals surface area contributed by atoms with Crippen molar-refractivity contribution in [2.75, 3.05) is 25.6 Å². The van der Waals surface area contributed by atoms with Gasteiger partial charge in [0, 0.05) is 16.8 Å². The van der Waals surface area contributed by atoms with Crippen molar-refractivity contribution >= 4 is 27.6 Å². The number of hydrogen-bond acceptors (Lipinski definition) is 4. The summed E-state index contributed by atoms with van der Waals surface area (Å²) in [5.74, 6) is -0.375. The van der Waals surface area contributed by atoms with Crippen LogP contribution in [0.15, 0.2) is 22.7 Å². The average Bonchev–Trinajstić information content (AvgIpc) is 2.28. The fraction of sp³-hybridized carbons (Fsp3) is 0.364. The first kappa shape index (κ1) is 13.0. The third-order valence-electron chi connectivity index (χ3n) is 1.90. The fourth-order valence-corrected chi connectivity index (χ4v) is 1.45. The lowest BCUT2D eigenvalue weighted by Gasteiger charge is -2.06. The van der Waals surface area contributed by atoms with E-state index >= 15 is 0 Å². The van der Waals surface area contributed by atoms with Gasteiger partial charge in [0.1, 0.15) is 6.61 Å². The van der Waals surface area contributed by atoms with Crippen LogP contribution in [0.2, 0.25) is 0 Å². The third-order valence-corrected chi connectivity index (χ3v) is 2.59. The zero-order valence-electron chi connectivity index (χ0n) is 9.03. The van der Waals surface area contributed by atoms with Gasteiger partial charge in [-0.25, -0.2) is 4.79 Å². The Balaban J connectivity index is 2.50. The number of esters is 1. The normalized spacial score (nSPS) is 10.1. The van der Waals surface area contributed by atoms with Crippen LogP contribution >= 0.6 is 15.9 Å². The van der Waals surface area contributed by atoms with Crippen LogP contribution in [0, 0.1) is 0 Å². The van der Waals surface area contributed by atoms with E-state index in [0.717, 1.165) is 0 Å². The van der Waals surface area contributed by atoms with E-state index in [9.17, 15) is 4.79 Å². The Bertz CT molecular complexity index is 368. The monoisotopic (exact) mass is 287 g/mol. The summed E-state index contributed by atoms with van der Waals surface area (Å²) in [7, 11) is 0. The lowest BCUT2D eigenvalue weighted by molar-refractivity contribution is 0.0335. The first-order valence-corrected chi connectivity index (χ1v) is 5.74. The molecule has 0 aliphatic carbocycles. The van der Waals surface area contributed by atoms with Crippen LogP contribution in [0.1, 0.15) is 17.3 Å². The summed E-state index contributed by atoms with van der Waals surface area (Å²) in [6, 6.07) is 4.92. The second kappa shape index (κ2) is 6.50. The first-order chi connectivity index (χ1) is 7.65. The predicted octanol–water partition coefficient (Wildman–Crippen LogP) is 2.22. The van der Waals surface area contributed by atoms with Gasteiger partial charge in [0.05, 0.1) is 12.2 Å². The molecule has 2 N–H and O–H groups in total. The number of hydrogen-bond donors (Lipinski definition) is 1. The Hall–Kier alpha value is -1.07.